The van der Waals surface area contributed by atoms with Crippen molar-refractivity contribution in [2.75, 3.05) is 0 Å². The molecule has 0 aliphatic rings. The van der Waals surface area contributed by atoms with Crippen LogP contribution in [0, 0.1) is 0 Å². The van der Waals surface area contributed by atoms with E-state index in [1.165, 1.54) is 31.3 Å². The standard InChI is InChI=1S/C51H31N3OS/c1-4-15-32(16-5-1)41-30-43-38-23-11-13-26-45(38)56-46(43)31-42(41)39-28-27-37(47-40-24-10-12-25-44(40)55-48(39)47)35-21-14-22-36(29-35)51-53-49(33-17-6-2-7-18-33)52-50(54-51)34-19-8-3-9-20-34/h1-31H. The van der Waals surface area contributed by atoms with E-state index in [0.29, 0.717) is 17.5 Å². The highest BCUT2D eigenvalue weighted by Crippen LogP contribution is 2.47. The molecule has 0 bridgehead atoms. The molecule has 0 atom stereocenters. The molecule has 0 saturated heterocycles. The lowest BCUT2D eigenvalue weighted by Crippen LogP contribution is -2.00. The van der Waals surface area contributed by atoms with Crippen LogP contribution >= 0.6 is 11.3 Å². The lowest BCUT2D eigenvalue weighted by atomic mass is 9.89. The highest BCUT2D eigenvalue weighted by atomic mass is 32.1. The van der Waals surface area contributed by atoms with E-state index in [0.717, 1.165) is 60.9 Å². The van der Waals surface area contributed by atoms with Crippen molar-refractivity contribution in [2.45, 2.75) is 0 Å². The average Bonchev–Trinajstić information content (AvgIpc) is 3.85. The molecule has 262 valence electrons. The molecule has 0 spiro atoms. The predicted octanol–water partition coefficient (Wildman–Crippen LogP) is 14.1. The molecule has 8 aromatic carbocycles. The van der Waals surface area contributed by atoms with E-state index in [1.807, 2.05) is 78.1 Å². The summed E-state index contributed by atoms with van der Waals surface area (Å²) in [6.45, 7) is 0. The van der Waals surface area contributed by atoms with Crippen molar-refractivity contribution in [1.29, 1.82) is 0 Å². The van der Waals surface area contributed by atoms with Gasteiger partial charge in [0, 0.05) is 53.2 Å². The summed E-state index contributed by atoms with van der Waals surface area (Å²) in [6.07, 6.45) is 0. The lowest BCUT2D eigenvalue weighted by Gasteiger charge is -2.14. The Balaban J connectivity index is 1.12. The van der Waals surface area contributed by atoms with Crippen LogP contribution in [0.5, 0.6) is 0 Å². The van der Waals surface area contributed by atoms with E-state index in [-0.39, 0.29) is 0 Å². The quantitative estimate of drug-likeness (QED) is 0.171. The minimum Gasteiger partial charge on any atom is -0.455 e. The third-order valence-corrected chi connectivity index (χ3v) is 11.7. The number of aromatic nitrogens is 3. The maximum Gasteiger partial charge on any atom is 0.164 e. The van der Waals surface area contributed by atoms with Crippen molar-refractivity contribution in [3.05, 3.63) is 188 Å². The Morgan fingerprint density at radius 1 is 0.339 bits per heavy atom. The Morgan fingerprint density at radius 2 is 0.893 bits per heavy atom. The van der Waals surface area contributed by atoms with Gasteiger partial charge in [0.2, 0.25) is 0 Å². The molecule has 0 aliphatic heterocycles. The molecule has 4 nitrogen and oxygen atoms in total. The first-order chi connectivity index (χ1) is 27.7. The average molecular weight is 734 g/mol. The minimum atomic E-state index is 0.619. The molecule has 11 rings (SSSR count). The van der Waals surface area contributed by atoms with Crippen LogP contribution in [0.3, 0.4) is 0 Å². The first kappa shape index (κ1) is 32.2. The number of rotatable bonds is 6. The number of fused-ring (bicyclic) bond motifs is 6. The van der Waals surface area contributed by atoms with Gasteiger partial charge in [-0.3, -0.25) is 0 Å². The van der Waals surface area contributed by atoms with Crippen LogP contribution in [-0.2, 0) is 0 Å². The van der Waals surface area contributed by atoms with E-state index in [2.05, 4.69) is 121 Å². The van der Waals surface area contributed by atoms with Crippen LogP contribution in [0.1, 0.15) is 0 Å². The van der Waals surface area contributed by atoms with E-state index in [9.17, 15) is 0 Å². The van der Waals surface area contributed by atoms with Gasteiger partial charge in [0.15, 0.2) is 17.5 Å². The van der Waals surface area contributed by atoms with Gasteiger partial charge in [-0.2, -0.15) is 0 Å². The predicted molar refractivity (Wildman–Crippen MR) is 233 cm³/mol. The van der Waals surface area contributed by atoms with Gasteiger partial charge in [-0.15, -0.1) is 11.3 Å². The second kappa shape index (κ2) is 13.3. The number of para-hydroxylation sites is 1. The van der Waals surface area contributed by atoms with Crippen molar-refractivity contribution in [3.8, 4) is 67.5 Å². The van der Waals surface area contributed by atoms with Crippen molar-refractivity contribution < 1.29 is 4.42 Å². The van der Waals surface area contributed by atoms with Crippen molar-refractivity contribution >= 4 is 53.4 Å². The first-order valence-corrected chi connectivity index (χ1v) is 19.5. The highest BCUT2D eigenvalue weighted by Gasteiger charge is 2.21. The molecular formula is C51H31N3OS. The van der Waals surface area contributed by atoms with Gasteiger partial charge in [-0.1, -0.05) is 152 Å². The number of furan rings is 1. The fourth-order valence-corrected chi connectivity index (χ4v) is 9.02. The van der Waals surface area contributed by atoms with Gasteiger partial charge in [-0.25, -0.2) is 15.0 Å². The number of thiophene rings is 1. The Labute approximate surface area is 327 Å². The van der Waals surface area contributed by atoms with Crippen LogP contribution in [0.25, 0.3) is 110 Å². The molecule has 11 aromatic rings. The summed E-state index contributed by atoms with van der Waals surface area (Å²) in [4.78, 5) is 15.0. The fourth-order valence-electron chi connectivity index (χ4n) is 7.90. The third kappa shape index (κ3) is 5.48. The van der Waals surface area contributed by atoms with E-state index < -0.39 is 0 Å². The largest absolute Gasteiger partial charge is 0.455 e. The van der Waals surface area contributed by atoms with E-state index >= 15 is 0 Å². The summed E-state index contributed by atoms with van der Waals surface area (Å²) in [7, 11) is 0. The topological polar surface area (TPSA) is 51.8 Å². The van der Waals surface area contributed by atoms with Gasteiger partial charge in [0.25, 0.3) is 0 Å². The molecule has 3 heterocycles. The summed E-state index contributed by atoms with van der Waals surface area (Å²) < 4.78 is 9.42. The van der Waals surface area contributed by atoms with E-state index in [1.54, 1.807) is 0 Å². The molecule has 3 aromatic heterocycles. The van der Waals surface area contributed by atoms with Crippen molar-refractivity contribution in [1.82, 2.24) is 15.0 Å². The second-order valence-electron chi connectivity index (χ2n) is 13.9. The normalized spacial score (nSPS) is 11.6. The molecule has 0 amide bonds. The molecule has 5 heteroatoms. The number of benzene rings is 8. The number of hydrogen-bond donors (Lipinski definition) is 0. The molecular weight excluding hydrogens is 703 g/mol. The minimum absolute atomic E-state index is 0.619. The molecule has 0 N–H and O–H groups in total. The zero-order valence-corrected chi connectivity index (χ0v) is 30.9. The van der Waals surface area contributed by atoms with Crippen molar-refractivity contribution in [3.63, 3.8) is 0 Å². The Kier molecular flexibility index (Phi) is 7.64. The molecule has 56 heavy (non-hydrogen) atoms. The fraction of sp³-hybridized carbons (Fsp3) is 0. The molecule has 0 fully saturated rings. The van der Waals surface area contributed by atoms with Crippen LogP contribution in [0.15, 0.2) is 192 Å². The van der Waals surface area contributed by atoms with Gasteiger partial charge in [-0.05, 0) is 64.2 Å². The van der Waals surface area contributed by atoms with Crippen LogP contribution in [0.2, 0.25) is 0 Å². The maximum atomic E-state index is 6.88. The molecule has 0 saturated carbocycles. The van der Waals surface area contributed by atoms with E-state index in [4.69, 9.17) is 19.4 Å². The zero-order chi connectivity index (χ0) is 37.0. The van der Waals surface area contributed by atoms with Gasteiger partial charge in [0.1, 0.15) is 11.2 Å². The monoisotopic (exact) mass is 733 g/mol. The van der Waals surface area contributed by atoms with Gasteiger partial charge >= 0.3 is 0 Å². The Hall–Kier alpha value is -7.21. The lowest BCUT2D eigenvalue weighted by molar-refractivity contribution is 0.670. The molecule has 0 aliphatic carbocycles. The number of hydrogen-bond acceptors (Lipinski definition) is 5. The van der Waals surface area contributed by atoms with Crippen molar-refractivity contribution in [2.24, 2.45) is 0 Å². The summed E-state index contributed by atoms with van der Waals surface area (Å²) in [5.41, 5.74) is 11.2. The van der Waals surface area contributed by atoms with Gasteiger partial charge in [0.05, 0.1) is 0 Å². The van der Waals surface area contributed by atoms with Crippen LogP contribution in [-0.4, -0.2) is 15.0 Å². The SMILES string of the molecule is c1ccc(-c2nc(-c3ccccc3)nc(-c3cccc(-c4ccc(-c5cc6sc7ccccc7c6cc5-c5ccccc5)c5oc6ccccc6c45)c3)n2)cc1. The smallest absolute Gasteiger partial charge is 0.164 e. The second-order valence-corrected chi connectivity index (χ2v) is 15.0. The summed E-state index contributed by atoms with van der Waals surface area (Å²) in [5.74, 6) is 1.89. The molecule has 0 unspecified atom stereocenters. The number of nitrogens with zero attached hydrogens (tertiary/aromatic N) is 3. The third-order valence-electron chi connectivity index (χ3n) is 10.5. The molecule has 0 radical (unpaired) electrons. The first-order valence-electron chi connectivity index (χ1n) is 18.7. The summed E-state index contributed by atoms with van der Waals surface area (Å²) in [5, 5.41) is 4.71. The maximum absolute atomic E-state index is 6.88. The zero-order valence-electron chi connectivity index (χ0n) is 30.1. The van der Waals surface area contributed by atoms with Gasteiger partial charge < -0.3 is 4.42 Å². The Bertz CT molecular complexity index is 3180. The Morgan fingerprint density at radius 3 is 1.61 bits per heavy atom. The summed E-state index contributed by atoms with van der Waals surface area (Å²) in [6, 6.07) is 65.6. The van der Waals surface area contributed by atoms with Crippen LogP contribution in [0.4, 0.5) is 0 Å². The van der Waals surface area contributed by atoms with Crippen LogP contribution < -0.4 is 0 Å². The highest BCUT2D eigenvalue weighted by molar-refractivity contribution is 7.25. The summed E-state index contributed by atoms with van der Waals surface area (Å²) >= 11 is 1.84.